The first-order valence-corrected chi connectivity index (χ1v) is 5.90. The highest BCUT2D eigenvalue weighted by Crippen LogP contribution is 2.26. The monoisotopic (exact) mass is 222 g/mol. The predicted octanol–water partition coefficient (Wildman–Crippen LogP) is 2.07. The molecule has 0 aliphatic rings. The van der Waals surface area contributed by atoms with E-state index in [9.17, 15) is 0 Å². The zero-order valence-corrected chi connectivity index (χ0v) is 9.64. The van der Waals surface area contributed by atoms with Gasteiger partial charge >= 0.3 is 0 Å². The van der Waals surface area contributed by atoms with Crippen LogP contribution in [-0.4, -0.2) is 24.0 Å². The molecule has 0 saturated heterocycles. The van der Waals surface area contributed by atoms with Crippen LogP contribution in [0.1, 0.15) is 12.5 Å². The highest BCUT2D eigenvalue weighted by atomic mass is 32.2. The van der Waals surface area contributed by atoms with Crippen LogP contribution in [0, 0.1) is 11.3 Å². The molecule has 80 valence electrons. The van der Waals surface area contributed by atoms with Crippen molar-refractivity contribution in [3.8, 4) is 6.07 Å². The van der Waals surface area contributed by atoms with Crippen LogP contribution >= 0.6 is 11.8 Å². The molecule has 15 heavy (non-hydrogen) atoms. The van der Waals surface area contributed by atoms with Gasteiger partial charge in [0.2, 0.25) is 0 Å². The Morgan fingerprint density at radius 2 is 2.33 bits per heavy atom. The molecule has 0 aliphatic carbocycles. The fourth-order valence-corrected chi connectivity index (χ4v) is 1.80. The summed E-state index contributed by atoms with van der Waals surface area (Å²) in [6.07, 6.45) is 1.52. The molecule has 3 nitrogen and oxygen atoms in total. The van der Waals surface area contributed by atoms with Gasteiger partial charge in [-0.15, -0.1) is 11.8 Å². The molecule has 4 heteroatoms. The second-order valence-electron chi connectivity index (χ2n) is 3.22. The first-order valence-electron chi connectivity index (χ1n) is 4.68. The van der Waals surface area contributed by atoms with Crippen molar-refractivity contribution >= 4 is 17.4 Å². The van der Waals surface area contributed by atoms with E-state index in [0.717, 1.165) is 10.6 Å². The minimum absolute atomic E-state index is 0.422. The average molecular weight is 222 g/mol. The van der Waals surface area contributed by atoms with E-state index in [1.807, 2.05) is 24.5 Å². The van der Waals surface area contributed by atoms with E-state index in [4.69, 9.17) is 10.4 Å². The lowest BCUT2D eigenvalue weighted by atomic mass is 10.2. The summed E-state index contributed by atoms with van der Waals surface area (Å²) < 4.78 is 0. The number of nitrogens with one attached hydrogen (secondary N) is 1. The Morgan fingerprint density at radius 1 is 1.60 bits per heavy atom. The second-order valence-corrected chi connectivity index (χ2v) is 4.07. The molecule has 1 rings (SSSR count). The van der Waals surface area contributed by atoms with Crippen molar-refractivity contribution < 1.29 is 5.11 Å². The number of hydrogen-bond donors (Lipinski definition) is 2. The molecule has 0 radical (unpaired) electrons. The molecule has 2 N–H and O–H groups in total. The summed E-state index contributed by atoms with van der Waals surface area (Å²) >= 11 is 1.54. The first-order chi connectivity index (χ1) is 7.19. The number of aliphatic hydroxyl groups excluding tert-OH is 1. The van der Waals surface area contributed by atoms with Gasteiger partial charge in [-0.1, -0.05) is 6.07 Å². The minimum Gasteiger partial charge on any atom is -0.392 e. The molecule has 0 spiro atoms. The van der Waals surface area contributed by atoms with E-state index in [1.54, 1.807) is 18.7 Å². The molecular weight excluding hydrogens is 208 g/mol. The maximum absolute atomic E-state index is 9.15. The fraction of sp³-hybridized carbons (Fsp3) is 0.364. The summed E-state index contributed by atoms with van der Waals surface area (Å²) in [5, 5.41) is 21.2. The normalized spacial score (nSPS) is 11.9. The van der Waals surface area contributed by atoms with E-state index in [0.29, 0.717) is 12.1 Å². The van der Waals surface area contributed by atoms with Crippen LogP contribution in [0.4, 0.5) is 5.69 Å². The molecule has 0 fully saturated rings. The number of rotatable bonds is 4. The van der Waals surface area contributed by atoms with Gasteiger partial charge < -0.3 is 10.4 Å². The Bertz CT molecular complexity index is 371. The Kier molecular flexibility index (Phi) is 4.47. The molecular formula is C11H14N2OS. The fourth-order valence-electron chi connectivity index (χ4n) is 1.22. The lowest BCUT2D eigenvalue weighted by Crippen LogP contribution is -2.16. The number of nitriles is 1. The lowest BCUT2D eigenvalue weighted by Gasteiger charge is -2.11. The molecule has 1 aromatic carbocycles. The largest absolute Gasteiger partial charge is 0.392 e. The Balaban J connectivity index is 2.92. The summed E-state index contributed by atoms with van der Waals surface area (Å²) in [4.78, 5) is 0.952. The molecule has 0 amide bonds. The van der Waals surface area contributed by atoms with E-state index >= 15 is 0 Å². The molecule has 1 atom stereocenters. The SMILES string of the molecule is CSc1cccc(NCC(C)O)c1C#N. The molecule has 1 unspecified atom stereocenters. The van der Waals surface area contributed by atoms with Crippen LogP contribution in [0.3, 0.4) is 0 Å². The summed E-state index contributed by atoms with van der Waals surface area (Å²) in [6, 6.07) is 7.84. The van der Waals surface area contributed by atoms with Gasteiger partial charge in [0, 0.05) is 11.4 Å². The maximum Gasteiger partial charge on any atom is 0.102 e. The lowest BCUT2D eigenvalue weighted by molar-refractivity contribution is 0.208. The van der Waals surface area contributed by atoms with Gasteiger partial charge in [-0.3, -0.25) is 0 Å². The molecule has 0 bridgehead atoms. The van der Waals surface area contributed by atoms with Gasteiger partial charge in [0.15, 0.2) is 0 Å². The van der Waals surface area contributed by atoms with Crippen LogP contribution in [0.15, 0.2) is 23.1 Å². The van der Waals surface area contributed by atoms with Crippen molar-refractivity contribution in [2.24, 2.45) is 0 Å². The summed E-state index contributed by atoms with van der Waals surface area (Å²) in [5.74, 6) is 0. The van der Waals surface area contributed by atoms with Crippen molar-refractivity contribution in [1.82, 2.24) is 0 Å². The molecule has 0 aliphatic heterocycles. The number of nitrogens with zero attached hydrogens (tertiary/aromatic N) is 1. The standard InChI is InChI=1S/C11H14N2OS/c1-8(14)7-13-10-4-3-5-11(15-2)9(10)6-12/h3-5,8,13-14H,7H2,1-2H3. The third kappa shape index (κ3) is 3.15. The van der Waals surface area contributed by atoms with Gasteiger partial charge in [-0.05, 0) is 25.3 Å². The third-order valence-electron chi connectivity index (χ3n) is 1.95. The summed E-state index contributed by atoms with van der Waals surface area (Å²) in [5.41, 5.74) is 1.43. The smallest absolute Gasteiger partial charge is 0.102 e. The average Bonchev–Trinajstić information content (AvgIpc) is 2.25. The quantitative estimate of drug-likeness (QED) is 0.766. The van der Waals surface area contributed by atoms with E-state index in [-0.39, 0.29) is 0 Å². The van der Waals surface area contributed by atoms with E-state index in [1.165, 1.54) is 0 Å². The van der Waals surface area contributed by atoms with E-state index < -0.39 is 6.10 Å². The zero-order valence-electron chi connectivity index (χ0n) is 8.82. The summed E-state index contributed by atoms with van der Waals surface area (Å²) in [6.45, 7) is 2.16. The van der Waals surface area contributed by atoms with Gasteiger partial charge in [-0.25, -0.2) is 0 Å². The minimum atomic E-state index is -0.422. The van der Waals surface area contributed by atoms with Crippen LogP contribution in [0.25, 0.3) is 0 Å². The van der Waals surface area contributed by atoms with Crippen molar-refractivity contribution in [2.75, 3.05) is 18.1 Å². The van der Waals surface area contributed by atoms with E-state index in [2.05, 4.69) is 11.4 Å². The number of hydrogen-bond acceptors (Lipinski definition) is 4. The Morgan fingerprint density at radius 3 is 2.87 bits per heavy atom. The molecule has 0 aromatic heterocycles. The highest BCUT2D eigenvalue weighted by Gasteiger charge is 2.07. The van der Waals surface area contributed by atoms with Crippen molar-refractivity contribution in [2.45, 2.75) is 17.9 Å². The van der Waals surface area contributed by atoms with Crippen molar-refractivity contribution in [1.29, 1.82) is 5.26 Å². The van der Waals surface area contributed by atoms with Gasteiger partial charge in [0.25, 0.3) is 0 Å². The van der Waals surface area contributed by atoms with Crippen molar-refractivity contribution in [3.63, 3.8) is 0 Å². The van der Waals surface area contributed by atoms with Gasteiger partial charge in [0.1, 0.15) is 6.07 Å². The second kappa shape index (κ2) is 5.64. The molecule has 1 aromatic rings. The van der Waals surface area contributed by atoms with Crippen LogP contribution < -0.4 is 5.32 Å². The van der Waals surface area contributed by atoms with Gasteiger partial charge in [-0.2, -0.15) is 5.26 Å². The molecule has 0 saturated carbocycles. The highest BCUT2D eigenvalue weighted by molar-refractivity contribution is 7.98. The maximum atomic E-state index is 9.15. The Hall–Kier alpha value is -1.18. The first kappa shape index (κ1) is 11.9. The molecule has 0 heterocycles. The number of aliphatic hydroxyl groups is 1. The van der Waals surface area contributed by atoms with Crippen LogP contribution in [0.5, 0.6) is 0 Å². The number of anilines is 1. The third-order valence-corrected chi connectivity index (χ3v) is 2.73. The van der Waals surface area contributed by atoms with Crippen molar-refractivity contribution in [3.05, 3.63) is 23.8 Å². The summed E-state index contributed by atoms with van der Waals surface area (Å²) in [7, 11) is 0. The number of thioether (sulfide) groups is 1. The predicted molar refractivity (Wildman–Crippen MR) is 63.1 cm³/mol. The number of benzene rings is 1. The zero-order chi connectivity index (χ0) is 11.3. The topological polar surface area (TPSA) is 56.0 Å². The van der Waals surface area contributed by atoms with Crippen LogP contribution in [-0.2, 0) is 0 Å². The van der Waals surface area contributed by atoms with Crippen LogP contribution in [0.2, 0.25) is 0 Å². The van der Waals surface area contributed by atoms with Gasteiger partial charge in [0.05, 0.1) is 17.4 Å². The Labute approximate surface area is 94.1 Å².